The predicted molar refractivity (Wildman–Crippen MR) is 110 cm³/mol. The quantitative estimate of drug-likeness (QED) is 0.350. The summed E-state index contributed by atoms with van der Waals surface area (Å²) in [6, 6.07) is 15.3. The van der Waals surface area contributed by atoms with Gasteiger partial charge < -0.3 is 10.1 Å². The summed E-state index contributed by atoms with van der Waals surface area (Å²) in [6.45, 7) is 0. The predicted octanol–water partition coefficient (Wildman–Crippen LogP) is 4.25. The fourth-order valence-corrected chi connectivity index (χ4v) is 4.28. The number of benzene rings is 2. The van der Waals surface area contributed by atoms with Crippen LogP contribution in [0.3, 0.4) is 0 Å². The number of thiocarbonyl (C=S) groups is 1. The molecule has 0 aromatic heterocycles. The molecule has 0 radical (unpaired) electrons. The van der Waals surface area contributed by atoms with Crippen LogP contribution in [-0.4, -0.2) is 23.3 Å². The molecule has 0 unspecified atom stereocenters. The number of carbonyl (C=O) groups excluding carboxylic acids is 2. The van der Waals surface area contributed by atoms with Crippen LogP contribution in [0.2, 0.25) is 0 Å². The van der Waals surface area contributed by atoms with E-state index in [1.54, 1.807) is 17.8 Å². The Morgan fingerprint density at radius 1 is 1.27 bits per heavy atom. The maximum atomic E-state index is 11.8. The van der Waals surface area contributed by atoms with Crippen molar-refractivity contribution in [1.82, 2.24) is 5.32 Å². The number of esters is 1. The minimum atomic E-state index is -0.341. The van der Waals surface area contributed by atoms with Gasteiger partial charge in [0.15, 0.2) is 0 Å². The Morgan fingerprint density at radius 3 is 2.81 bits per heavy atom. The highest BCUT2D eigenvalue weighted by Crippen LogP contribution is 2.28. The zero-order valence-corrected chi connectivity index (χ0v) is 16.3. The molecule has 1 amide bonds. The summed E-state index contributed by atoms with van der Waals surface area (Å²) in [5.74, 6) is 0.255. The molecule has 0 aliphatic carbocycles. The minimum absolute atomic E-state index is 0.153. The van der Waals surface area contributed by atoms with Crippen molar-refractivity contribution in [3.8, 4) is 0 Å². The van der Waals surface area contributed by atoms with Gasteiger partial charge in [0.2, 0.25) is 0 Å². The number of rotatable bonds is 5. The van der Waals surface area contributed by atoms with Crippen molar-refractivity contribution < 1.29 is 14.3 Å². The van der Waals surface area contributed by atoms with E-state index in [2.05, 4.69) is 5.32 Å². The van der Waals surface area contributed by atoms with Crippen molar-refractivity contribution in [3.05, 3.63) is 70.1 Å². The molecule has 1 aliphatic heterocycles. The topological polar surface area (TPSA) is 55.4 Å². The largest absolute Gasteiger partial charge is 0.465 e. The van der Waals surface area contributed by atoms with E-state index in [-0.39, 0.29) is 11.9 Å². The van der Waals surface area contributed by atoms with E-state index in [0.717, 1.165) is 21.8 Å². The van der Waals surface area contributed by atoms with Crippen LogP contribution in [0.25, 0.3) is 6.08 Å². The van der Waals surface area contributed by atoms with Crippen molar-refractivity contribution in [3.63, 3.8) is 0 Å². The van der Waals surface area contributed by atoms with Crippen LogP contribution in [-0.2, 0) is 15.3 Å². The number of hydrogen-bond acceptors (Lipinski definition) is 6. The lowest BCUT2D eigenvalue weighted by Gasteiger charge is -2.05. The van der Waals surface area contributed by atoms with E-state index < -0.39 is 0 Å². The zero-order chi connectivity index (χ0) is 18.5. The molecule has 1 aliphatic rings. The van der Waals surface area contributed by atoms with Crippen molar-refractivity contribution >= 4 is 58.0 Å². The first-order valence-corrected chi connectivity index (χ1v) is 9.91. The molecule has 3 rings (SSSR count). The first-order chi connectivity index (χ1) is 12.5. The van der Waals surface area contributed by atoms with Crippen molar-refractivity contribution in [2.45, 2.75) is 10.6 Å². The lowest BCUT2D eigenvalue weighted by atomic mass is 10.1. The van der Waals surface area contributed by atoms with Gasteiger partial charge in [-0.05, 0) is 35.4 Å². The fraction of sp³-hybridized carbons (Fsp3) is 0.105. The first kappa shape index (κ1) is 18.7. The number of carbonyl (C=O) groups is 2. The number of thioether (sulfide) groups is 2. The van der Waals surface area contributed by atoms with Gasteiger partial charge in [0.1, 0.15) is 4.32 Å². The monoisotopic (exact) mass is 401 g/mol. The minimum Gasteiger partial charge on any atom is -0.465 e. The van der Waals surface area contributed by atoms with Gasteiger partial charge in [-0.25, -0.2) is 4.79 Å². The molecular weight excluding hydrogens is 386 g/mol. The molecule has 4 nitrogen and oxygen atoms in total. The Labute approximate surface area is 165 Å². The van der Waals surface area contributed by atoms with Gasteiger partial charge in [-0.2, -0.15) is 0 Å². The lowest BCUT2D eigenvalue weighted by Crippen LogP contribution is -2.17. The Morgan fingerprint density at radius 2 is 2.08 bits per heavy atom. The smallest absolute Gasteiger partial charge is 0.337 e. The normalized spacial score (nSPS) is 15.2. The van der Waals surface area contributed by atoms with Gasteiger partial charge in [-0.3, -0.25) is 4.79 Å². The molecular formula is C19H15NO3S3. The maximum Gasteiger partial charge on any atom is 0.337 e. The van der Waals surface area contributed by atoms with Crippen molar-refractivity contribution in [2.24, 2.45) is 0 Å². The molecule has 0 spiro atoms. The molecule has 0 atom stereocenters. The van der Waals surface area contributed by atoms with Crippen LogP contribution < -0.4 is 5.32 Å². The highest BCUT2D eigenvalue weighted by Gasteiger charge is 2.21. The lowest BCUT2D eigenvalue weighted by molar-refractivity contribution is -0.115. The van der Waals surface area contributed by atoms with Crippen LogP contribution in [0.15, 0.2) is 58.3 Å². The molecule has 26 heavy (non-hydrogen) atoms. The third-order valence-corrected chi connectivity index (χ3v) is 5.78. The Kier molecular flexibility index (Phi) is 6.13. The van der Waals surface area contributed by atoms with Crippen LogP contribution >= 0.6 is 35.7 Å². The third kappa shape index (κ3) is 4.75. The summed E-state index contributed by atoms with van der Waals surface area (Å²) in [5.41, 5.74) is 2.61. The van der Waals surface area contributed by atoms with Crippen molar-refractivity contribution in [2.75, 3.05) is 7.11 Å². The summed E-state index contributed by atoms with van der Waals surface area (Å²) in [5, 5.41) is 2.61. The molecule has 1 fully saturated rings. The molecule has 0 bridgehead atoms. The van der Waals surface area contributed by atoms with Gasteiger partial charge in [0.25, 0.3) is 5.91 Å². The van der Waals surface area contributed by atoms with E-state index in [1.165, 1.54) is 18.9 Å². The molecule has 132 valence electrons. The van der Waals surface area contributed by atoms with Gasteiger partial charge in [0, 0.05) is 10.6 Å². The second-order valence-electron chi connectivity index (χ2n) is 5.41. The maximum absolute atomic E-state index is 11.8. The highest BCUT2D eigenvalue weighted by molar-refractivity contribution is 8.26. The van der Waals surface area contributed by atoms with Crippen LogP contribution in [0, 0.1) is 0 Å². The van der Waals surface area contributed by atoms with E-state index in [0.29, 0.717) is 14.8 Å². The first-order valence-electron chi connectivity index (χ1n) is 7.70. The summed E-state index contributed by atoms with van der Waals surface area (Å²) in [7, 11) is 1.37. The molecule has 1 saturated heterocycles. The summed E-state index contributed by atoms with van der Waals surface area (Å²) >= 11 is 7.91. The standard InChI is InChI=1S/C19H15NO3S3/c1-23-18(22)14-6-3-7-15(10-14)25-11-13-5-2-4-12(8-13)9-16-17(21)20-19(24)26-16/h2-10H,11H2,1H3,(H,20,21,24). The van der Waals surface area contributed by atoms with Crippen LogP contribution in [0.4, 0.5) is 0 Å². The molecule has 1 N–H and O–H groups in total. The van der Waals surface area contributed by atoms with E-state index in [9.17, 15) is 9.59 Å². The van der Waals surface area contributed by atoms with Gasteiger partial charge in [-0.15, -0.1) is 11.8 Å². The second kappa shape index (κ2) is 8.53. The summed E-state index contributed by atoms with van der Waals surface area (Å²) in [4.78, 5) is 25.0. The second-order valence-corrected chi connectivity index (χ2v) is 8.17. The average Bonchev–Trinajstić information content (AvgIpc) is 2.97. The Hall–Kier alpha value is -2.09. The van der Waals surface area contributed by atoms with E-state index in [4.69, 9.17) is 17.0 Å². The molecule has 7 heteroatoms. The summed E-state index contributed by atoms with van der Waals surface area (Å²) < 4.78 is 5.24. The highest BCUT2D eigenvalue weighted by atomic mass is 32.2. The van der Waals surface area contributed by atoms with E-state index >= 15 is 0 Å². The van der Waals surface area contributed by atoms with Crippen molar-refractivity contribution in [1.29, 1.82) is 0 Å². The van der Waals surface area contributed by atoms with Crippen LogP contribution in [0.1, 0.15) is 21.5 Å². The third-order valence-electron chi connectivity index (χ3n) is 3.55. The molecule has 2 aromatic carbocycles. The van der Waals surface area contributed by atoms with Gasteiger partial charge in [0.05, 0.1) is 17.6 Å². The number of nitrogens with one attached hydrogen (secondary N) is 1. The molecule has 0 saturated carbocycles. The molecule has 1 heterocycles. The summed E-state index contributed by atoms with van der Waals surface area (Å²) in [6.07, 6.45) is 1.84. The Bertz CT molecular complexity index is 908. The fourth-order valence-electron chi connectivity index (χ4n) is 2.34. The number of methoxy groups -OCH3 is 1. The van der Waals surface area contributed by atoms with E-state index in [1.807, 2.05) is 48.5 Å². The average molecular weight is 402 g/mol. The number of ether oxygens (including phenoxy) is 1. The van der Waals surface area contributed by atoms with Gasteiger partial charge in [-0.1, -0.05) is 54.3 Å². The van der Waals surface area contributed by atoms with Crippen LogP contribution in [0.5, 0.6) is 0 Å². The number of hydrogen-bond donors (Lipinski definition) is 1. The molecule has 2 aromatic rings. The van der Waals surface area contributed by atoms with Gasteiger partial charge >= 0.3 is 5.97 Å². The zero-order valence-electron chi connectivity index (χ0n) is 13.9. The number of amides is 1. The Balaban J connectivity index is 1.70. The SMILES string of the molecule is COC(=O)c1cccc(SCc2cccc(C=C3SC(=S)NC3=O)c2)c1.